The van der Waals surface area contributed by atoms with Crippen molar-refractivity contribution in [3.63, 3.8) is 0 Å². The van der Waals surface area contributed by atoms with Crippen LogP contribution in [-0.4, -0.2) is 18.7 Å². The van der Waals surface area contributed by atoms with Gasteiger partial charge in [-0.2, -0.15) is 0 Å². The molecule has 0 saturated heterocycles. The fraction of sp³-hybridized carbons (Fsp3) is 0.278. The van der Waals surface area contributed by atoms with Crippen LogP contribution >= 0.6 is 23.1 Å². The van der Waals surface area contributed by atoms with Crippen molar-refractivity contribution < 1.29 is 8.42 Å². The van der Waals surface area contributed by atoms with Gasteiger partial charge < -0.3 is 0 Å². The molecule has 2 aromatic carbocycles. The van der Waals surface area contributed by atoms with Crippen LogP contribution in [0, 0.1) is 0 Å². The van der Waals surface area contributed by atoms with Crippen LogP contribution in [0.2, 0.25) is 0 Å². The van der Waals surface area contributed by atoms with Gasteiger partial charge in [-0.15, -0.1) is 11.8 Å². The highest BCUT2D eigenvalue weighted by molar-refractivity contribution is 7.99. The molecule has 5 nitrogen and oxygen atoms in total. The predicted molar refractivity (Wildman–Crippen MR) is 110 cm³/mol. The van der Waals surface area contributed by atoms with E-state index in [1.165, 1.54) is 0 Å². The summed E-state index contributed by atoms with van der Waals surface area (Å²) >= 11 is 2.66. The Balaban J connectivity index is 1.99. The fourth-order valence-electron chi connectivity index (χ4n) is 2.69. The molecule has 3 rings (SSSR count). The minimum atomic E-state index is -3.73. The Hall–Kier alpha value is -1.77. The molecule has 0 atom stereocenters. The van der Waals surface area contributed by atoms with Gasteiger partial charge >= 0.3 is 4.87 Å². The van der Waals surface area contributed by atoms with Crippen LogP contribution < -0.4 is 9.60 Å². The zero-order valence-electron chi connectivity index (χ0n) is 14.6. The molecule has 0 aliphatic rings. The van der Waals surface area contributed by atoms with Gasteiger partial charge in [0.1, 0.15) is 0 Å². The lowest BCUT2D eigenvalue weighted by atomic mass is 10.3. The zero-order chi connectivity index (χ0) is 18.7. The lowest BCUT2D eigenvalue weighted by molar-refractivity contribution is 0.601. The molecule has 0 amide bonds. The Morgan fingerprint density at radius 2 is 1.92 bits per heavy atom. The van der Waals surface area contributed by atoms with Crippen molar-refractivity contribution in [1.29, 1.82) is 0 Å². The number of thiazole rings is 1. The van der Waals surface area contributed by atoms with Crippen molar-refractivity contribution in [2.75, 3.05) is 10.5 Å². The quantitative estimate of drug-likeness (QED) is 0.589. The number of benzene rings is 2. The highest BCUT2D eigenvalue weighted by Gasteiger charge is 2.18. The van der Waals surface area contributed by atoms with E-state index in [0.29, 0.717) is 16.9 Å². The number of thioether (sulfide) groups is 1. The van der Waals surface area contributed by atoms with Crippen LogP contribution in [0.1, 0.15) is 20.3 Å². The maximum absolute atomic E-state index is 12.8. The highest BCUT2D eigenvalue weighted by Crippen LogP contribution is 2.29. The molecule has 26 heavy (non-hydrogen) atoms. The predicted octanol–water partition coefficient (Wildman–Crippen LogP) is 4.39. The molecule has 1 N–H and O–H groups in total. The Kier molecular flexibility index (Phi) is 5.74. The Morgan fingerprint density at radius 3 is 2.65 bits per heavy atom. The van der Waals surface area contributed by atoms with Gasteiger partial charge in [-0.1, -0.05) is 37.3 Å². The Morgan fingerprint density at radius 1 is 1.15 bits per heavy atom. The van der Waals surface area contributed by atoms with Crippen molar-refractivity contribution in [1.82, 2.24) is 4.57 Å². The van der Waals surface area contributed by atoms with Crippen LogP contribution in [0.15, 0.2) is 57.1 Å². The van der Waals surface area contributed by atoms with E-state index in [1.54, 1.807) is 46.7 Å². The van der Waals surface area contributed by atoms with Crippen molar-refractivity contribution in [2.45, 2.75) is 36.6 Å². The molecule has 0 radical (unpaired) electrons. The molecular weight excluding hydrogens is 388 g/mol. The van der Waals surface area contributed by atoms with Gasteiger partial charge in [-0.25, -0.2) is 8.42 Å². The number of nitrogens with one attached hydrogen (secondary N) is 1. The first-order chi connectivity index (χ1) is 12.5. The minimum Gasteiger partial charge on any atom is -0.299 e. The SMILES string of the molecule is CCCn1c(=O)sc2cc(S(=O)(=O)Nc3ccccc3SCC)ccc21. The third kappa shape index (κ3) is 3.82. The summed E-state index contributed by atoms with van der Waals surface area (Å²) < 4.78 is 30.7. The third-order valence-corrected chi connectivity index (χ3v) is 7.09. The molecule has 138 valence electrons. The number of sulfonamides is 1. The number of fused-ring (bicyclic) bond motifs is 1. The van der Waals surface area contributed by atoms with Crippen LogP contribution in [-0.2, 0) is 16.6 Å². The van der Waals surface area contributed by atoms with E-state index in [0.717, 1.165) is 33.9 Å². The van der Waals surface area contributed by atoms with E-state index in [2.05, 4.69) is 4.72 Å². The molecule has 0 aliphatic carbocycles. The number of aryl methyl sites for hydroxylation is 1. The van der Waals surface area contributed by atoms with Crippen LogP contribution in [0.3, 0.4) is 0 Å². The topological polar surface area (TPSA) is 68.2 Å². The molecule has 0 unspecified atom stereocenters. The van der Waals surface area contributed by atoms with Crippen molar-refractivity contribution in [2.24, 2.45) is 0 Å². The average Bonchev–Trinajstić information content (AvgIpc) is 2.92. The molecule has 8 heteroatoms. The maximum Gasteiger partial charge on any atom is 0.308 e. The van der Waals surface area contributed by atoms with E-state index >= 15 is 0 Å². The molecule has 1 aromatic heterocycles. The number of para-hydroxylation sites is 1. The first-order valence-corrected chi connectivity index (χ1v) is 11.6. The first-order valence-electron chi connectivity index (χ1n) is 8.34. The summed E-state index contributed by atoms with van der Waals surface area (Å²) in [5.74, 6) is 0.851. The molecule has 1 heterocycles. The van der Waals surface area contributed by atoms with Gasteiger partial charge in [0.05, 0.1) is 20.8 Å². The van der Waals surface area contributed by atoms with Crippen molar-refractivity contribution >= 4 is 49.0 Å². The fourth-order valence-corrected chi connectivity index (χ4v) is 5.65. The van der Waals surface area contributed by atoms with Crippen molar-refractivity contribution in [3.8, 4) is 0 Å². The summed E-state index contributed by atoms with van der Waals surface area (Å²) in [7, 11) is -3.73. The van der Waals surface area contributed by atoms with E-state index in [4.69, 9.17) is 0 Å². The second-order valence-electron chi connectivity index (χ2n) is 5.68. The van der Waals surface area contributed by atoms with Gasteiger partial charge in [0, 0.05) is 11.4 Å². The summed E-state index contributed by atoms with van der Waals surface area (Å²) in [5, 5.41) is 0. The Bertz CT molecular complexity index is 1080. The van der Waals surface area contributed by atoms with E-state index in [9.17, 15) is 13.2 Å². The summed E-state index contributed by atoms with van der Waals surface area (Å²) in [6.45, 7) is 4.65. The minimum absolute atomic E-state index is 0.0611. The third-order valence-electron chi connectivity index (χ3n) is 3.83. The second-order valence-corrected chi connectivity index (χ2v) is 9.67. The van der Waals surface area contributed by atoms with Crippen LogP contribution in [0.4, 0.5) is 5.69 Å². The highest BCUT2D eigenvalue weighted by atomic mass is 32.2. The number of rotatable bonds is 7. The number of hydrogen-bond acceptors (Lipinski definition) is 5. The molecule has 0 spiro atoms. The number of anilines is 1. The number of aromatic nitrogens is 1. The first kappa shape index (κ1) is 19.0. The number of hydrogen-bond donors (Lipinski definition) is 1. The molecule has 3 aromatic rings. The van der Waals surface area contributed by atoms with Gasteiger partial charge in [-0.3, -0.25) is 14.1 Å². The normalized spacial score (nSPS) is 11.8. The summed E-state index contributed by atoms with van der Waals surface area (Å²) in [6, 6.07) is 12.2. The van der Waals surface area contributed by atoms with Crippen molar-refractivity contribution in [3.05, 3.63) is 52.1 Å². The standard InChI is InChI=1S/C18H20N2O3S3/c1-3-11-20-15-10-9-13(12-17(15)25-18(20)21)26(22,23)19-14-7-5-6-8-16(14)24-4-2/h5-10,12,19H,3-4,11H2,1-2H3. The average molecular weight is 409 g/mol. The van der Waals surface area contributed by atoms with Gasteiger partial charge in [0.15, 0.2) is 0 Å². The summed E-state index contributed by atoms with van der Waals surface area (Å²) in [4.78, 5) is 13.1. The van der Waals surface area contributed by atoms with Crippen LogP contribution in [0.25, 0.3) is 10.2 Å². The maximum atomic E-state index is 12.8. The van der Waals surface area contributed by atoms with Gasteiger partial charge in [0.25, 0.3) is 10.0 Å². The number of nitrogens with zero attached hydrogens (tertiary/aromatic N) is 1. The molecule has 0 fully saturated rings. The Labute approximate surface area is 161 Å². The largest absolute Gasteiger partial charge is 0.308 e. The lowest BCUT2D eigenvalue weighted by Gasteiger charge is -2.12. The monoisotopic (exact) mass is 408 g/mol. The summed E-state index contributed by atoms with van der Waals surface area (Å²) in [6.07, 6.45) is 0.846. The molecule has 0 saturated carbocycles. The second kappa shape index (κ2) is 7.85. The smallest absolute Gasteiger partial charge is 0.299 e. The molecule has 0 bridgehead atoms. The summed E-state index contributed by atoms with van der Waals surface area (Å²) in [5.41, 5.74) is 1.35. The van der Waals surface area contributed by atoms with E-state index in [-0.39, 0.29) is 9.77 Å². The van der Waals surface area contributed by atoms with E-state index in [1.807, 2.05) is 26.0 Å². The van der Waals surface area contributed by atoms with Crippen LogP contribution in [0.5, 0.6) is 0 Å². The molecule has 0 aliphatic heterocycles. The molecular formula is C18H20N2O3S3. The van der Waals surface area contributed by atoms with Gasteiger partial charge in [0.2, 0.25) is 0 Å². The lowest BCUT2D eigenvalue weighted by Crippen LogP contribution is -2.14. The zero-order valence-corrected chi connectivity index (χ0v) is 17.0. The van der Waals surface area contributed by atoms with E-state index < -0.39 is 10.0 Å². The van der Waals surface area contributed by atoms with Gasteiger partial charge in [-0.05, 0) is 42.5 Å².